The molecule has 22 heavy (non-hydrogen) atoms. The Morgan fingerprint density at radius 2 is 1.91 bits per heavy atom. The fourth-order valence-corrected chi connectivity index (χ4v) is 2.39. The Labute approximate surface area is 130 Å². The van der Waals surface area contributed by atoms with E-state index in [4.69, 9.17) is 27.2 Å². The summed E-state index contributed by atoms with van der Waals surface area (Å²) in [6, 6.07) is 3.92. The van der Waals surface area contributed by atoms with Crippen LogP contribution >= 0.6 is 11.6 Å². The monoisotopic (exact) mass is 327 g/mol. The first-order valence-electron chi connectivity index (χ1n) is 6.13. The first-order chi connectivity index (χ1) is 10.3. The van der Waals surface area contributed by atoms with Gasteiger partial charge in [-0.05, 0) is 24.6 Å². The zero-order chi connectivity index (χ0) is 16.6. The lowest BCUT2D eigenvalue weighted by Gasteiger charge is -2.15. The van der Waals surface area contributed by atoms with Gasteiger partial charge in [0.25, 0.3) is 0 Å². The molecule has 0 fully saturated rings. The molecule has 0 amide bonds. The minimum absolute atomic E-state index is 0.0615. The van der Waals surface area contributed by atoms with Crippen LogP contribution in [0.15, 0.2) is 18.2 Å². The van der Waals surface area contributed by atoms with Gasteiger partial charge in [0, 0.05) is 5.56 Å². The number of carboxylic acid groups (broad SMARTS) is 1. The third-order valence-electron chi connectivity index (χ3n) is 3.25. The highest BCUT2D eigenvalue weighted by Gasteiger charge is 2.25. The van der Waals surface area contributed by atoms with Gasteiger partial charge in [-0.2, -0.15) is 0 Å². The Morgan fingerprint density at radius 1 is 1.27 bits per heavy atom. The van der Waals surface area contributed by atoms with Crippen LogP contribution in [0.1, 0.15) is 15.9 Å². The fraction of sp³-hybridized carbons (Fsp3) is 0.133. The molecule has 7 heteroatoms. The molecule has 2 rings (SSSR count). The summed E-state index contributed by atoms with van der Waals surface area (Å²) in [6.45, 7) is 1.50. The van der Waals surface area contributed by atoms with Gasteiger partial charge >= 0.3 is 5.97 Å². The summed E-state index contributed by atoms with van der Waals surface area (Å²) in [5.41, 5.74) is 4.11. The second kappa shape index (κ2) is 5.81. The SMILES string of the molecule is COc1ccc(C)c(F)c1-c1c(Cl)cc(C(=O)O)c(N)c1F. The maximum Gasteiger partial charge on any atom is 0.337 e. The van der Waals surface area contributed by atoms with Crippen LogP contribution in [-0.2, 0) is 0 Å². The van der Waals surface area contributed by atoms with Crippen LogP contribution < -0.4 is 10.5 Å². The molecule has 0 bridgehead atoms. The predicted octanol–water partition coefficient (Wildman–Crippen LogP) is 3.88. The molecule has 4 nitrogen and oxygen atoms in total. The highest BCUT2D eigenvalue weighted by atomic mass is 35.5. The number of rotatable bonds is 3. The van der Waals surface area contributed by atoms with E-state index in [2.05, 4.69) is 0 Å². The number of carboxylic acids is 1. The van der Waals surface area contributed by atoms with Gasteiger partial charge < -0.3 is 15.6 Å². The summed E-state index contributed by atoms with van der Waals surface area (Å²) in [5.74, 6) is -3.19. The van der Waals surface area contributed by atoms with Gasteiger partial charge in [0.15, 0.2) is 5.82 Å². The molecule has 0 aliphatic carbocycles. The number of ether oxygens (including phenoxy) is 1. The van der Waals surface area contributed by atoms with E-state index < -0.39 is 28.9 Å². The van der Waals surface area contributed by atoms with E-state index in [0.717, 1.165) is 6.07 Å². The number of nitrogens with two attached hydrogens (primary N) is 1. The smallest absolute Gasteiger partial charge is 0.337 e. The molecular weight excluding hydrogens is 316 g/mol. The second-order valence-corrected chi connectivity index (χ2v) is 4.99. The van der Waals surface area contributed by atoms with Gasteiger partial charge in [0.2, 0.25) is 0 Å². The maximum absolute atomic E-state index is 14.5. The molecule has 0 aliphatic heterocycles. The van der Waals surface area contributed by atoms with Crippen molar-refractivity contribution in [3.8, 4) is 16.9 Å². The molecule has 0 unspecified atom stereocenters. The van der Waals surface area contributed by atoms with Crippen molar-refractivity contribution in [2.45, 2.75) is 6.92 Å². The number of aromatic carboxylic acids is 1. The lowest BCUT2D eigenvalue weighted by molar-refractivity contribution is 0.0697. The van der Waals surface area contributed by atoms with E-state index in [1.54, 1.807) is 0 Å². The molecule has 3 N–H and O–H groups in total. The Bertz CT molecular complexity index is 778. The van der Waals surface area contributed by atoms with Crippen molar-refractivity contribution in [1.29, 1.82) is 0 Å². The number of benzene rings is 2. The first-order valence-corrected chi connectivity index (χ1v) is 6.51. The summed E-state index contributed by atoms with van der Waals surface area (Å²) >= 11 is 5.96. The van der Waals surface area contributed by atoms with Crippen molar-refractivity contribution in [3.05, 3.63) is 46.0 Å². The number of methoxy groups -OCH3 is 1. The minimum atomic E-state index is -1.43. The van der Waals surface area contributed by atoms with E-state index >= 15 is 0 Å². The summed E-state index contributed by atoms with van der Waals surface area (Å²) < 4.78 is 34.0. The number of hydrogen-bond donors (Lipinski definition) is 2. The fourth-order valence-electron chi connectivity index (χ4n) is 2.11. The highest BCUT2D eigenvalue weighted by molar-refractivity contribution is 6.34. The van der Waals surface area contributed by atoms with Gasteiger partial charge in [-0.1, -0.05) is 17.7 Å². The van der Waals surface area contributed by atoms with E-state index in [9.17, 15) is 13.6 Å². The van der Waals surface area contributed by atoms with Crippen LogP contribution in [0.5, 0.6) is 5.75 Å². The Hall–Kier alpha value is -2.34. The summed E-state index contributed by atoms with van der Waals surface area (Å²) in [4.78, 5) is 11.0. The molecule has 0 heterocycles. The maximum atomic E-state index is 14.5. The second-order valence-electron chi connectivity index (χ2n) is 4.59. The van der Waals surface area contributed by atoms with E-state index in [0.29, 0.717) is 0 Å². The Balaban J connectivity index is 2.88. The van der Waals surface area contributed by atoms with Gasteiger partial charge in [0.1, 0.15) is 11.6 Å². The summed E-state index contributed by atoms with van der Waals surface area (Å²) in [6.07, 6.45) is 0. The zero-order valence-electron chi connectivity index (χ0n) is 11.7. The average molecular weight is 328 g/mol. The molecule has 0 aromatic heterocycles. The van der Waals surface area contributed by atoms with Gasteiger partial charge in [-0.25, -0.2) is 13.6 Å². The minimum Gasteiger partial charge on any atom is -0.496 e. The number of hydrogen-bond acceptors (Lipinski definition) is 3. The van der Waals surface area contributed by atoms with Crippen molar-refractivity contribution in [2.24, 2.45) is 0 Å². The zero-order valence-corrected chi connectivity index (χ0v) is 12.5. The summed E-state index contributed by atoms with van der Waals surface area (Å²) in [5, 5.41) is 8.70. The van der Waals surface area contributed by atoms with Crippen molar-refractivity contribution in [1.82, 2.24) is 0 Å². The van der Waals surface area contributed by atoms with Crippen molar-refractivity contribution >= 4 is 23.3 Å². The van der Waals surface area contributed by atoms with Crippen LogP contribution in [0.2, 0.25) is 5.02 Å². The molecule has 0 saturated carbocycles. The van der Waals surface area contributed by atoms with E-state index in [-0.39, 0.29) is 27.5 Å². The molecule has 0 atom stereocenters. The van der Waals surface area contributed by atoms with Crippen molar-refractivity contribution < 1.29 is 23.4 Å². The first kappa shape index (κ1) is 16.0. The number of halogens is 3. The van der Waals surface area contributed by atoms with Crippen LogP contribution in [-0.4, -0.2) is 18.2 Å². The topological polar surface area (TPSA) is 72.5 Å². The van der Waals surface area contributed by atoms with Crippen LogP contribution in [0.3, 0.4) is 0 Å². The molecule has 2 aromatic rings. The summed E-state index contributed by atoms with van der Waals surface area (Å²) in [7, 11) is 1.30. The largest absolute Gasteiger partial charge is 0.496 e. The number of anilines is 1. The number of aryl methyl sites for hydroxylation is 1. The van der Waals surface area contributed by atoms with Crippen molar-refractivity contribution in [3.63, 3.8) is 0 Å². The molecule has 0 aliphatic rings. The number of carbonyl (C=O) groups is 1. The van der Waals surface area contributed by atoms with Crippen LogP contribution in [0.4, 0.5) is 14.5 Å². The normalized spacial score (nSPS) is 10.6. The third kappa shape index (κ3) is 2.46. The van der Waals surface area contributed by atoms with Crippen molar-refractivity contribution in [2.75, 3.05) is 12.8 Å². The predicted molar refractivity (Wildman–Crippen MR) is 79.5 cm³/mol. The molecule has 116 valence electrons. The average Bonchev–Trinajstić information content (AvgIpc) is 2.47. The quantitative estimate of drug-likeness (QED) is 0.839. The lowest BCUT2D eigenvalue weighted by atomic mass is 9.98. The van der Waals surface area contributed by atoms with Gasteiger partial charge in [-0.3, -0.25) is 0 Å². The molecule has 0 spiro atoms. The Morgan fingerprint density at radius 3 is 2.45 bits per heavy atom. The van der Waals surface area contributed by atoms with Gasteiger partial charge in [-0.15, -0.1) is 0 Å². The molecular formula is C15H12ClF2NO3. The molecule has 0 radical (unpaired) electrons. The third-order valence-corrected chi connectivity index (χ3v) is 3.55. The van der Waals surface area contributed by atoms with E-state index in [1.165, 1.54) is 26.2 Å². The van der Waals surface area contributed by atoms with E-state index in [1.807, 2.05) is 0 Å². The lowest BCUT2D eigenvalue weighted by Crippen LogP contribution is -2.07. The number of nitrogen functional groups attached to an aromatic ring is 1. The standard InChI is InChI=1S/C15H12ClF2NO3/c1-6-3-4-9(22-2)11(12(6)17)10-8(16)5-7(15(20)21)14(19)13(10)18/h3-5H,19H2,1-2H3,(H,20,21). The van der Waals surface area contributed by atoms with Gasteiger partial charge in [0.05, 0.1) is 28.9 Å². The van der Waals surface area contributed by atoms with Crippen LogP contribution in [0, 0.1) is 18.6 Å². The highest BCUT2D eigenvalue weighted by Crippen LogP contribution is 2.42. The Kier molecular flexibility index (Phi) is 4.23. The molecule has 0 saturated heterocycles. The molecule has 2 aromatic carbocycles. The van der Waals surface area contributed by atoms with Crippen LogP contribution in [0.25, 0.3) is 11.1 Å².